The molecule has 2 aliphatic rings. The van der Waals surface area contributed by atoms with Gasteiger partial charge >= 0.3 is 0 Å². The molecule has 4 rings (SSSR count). The van der Waals surface area contributed by atoms with Gasteiger partial charge in [0.25, 0.3) is 0 Å². The summed E-state index contributed by atoms with van der Waals surface area (Å²) in [5.74, 6) is -0.200. The van der Waals surface area contributed by atoms with Crippen molar-refractivity contribution in [2.75, 3.05) is 18.8 Å². The van der Waals surface area contributed by atoms with Gasteiger partial charge in [-0.05, 0) is 70.2 Å². The quantitative estimate of drug-likeness (QED) is 0.511. The second kappa shape index (κ2) is 8.46. The first kappa shape index (κ1) is 20.4. The van der Waals surface area contributed by atoms with E-state index in [1.807, 2.05) is 23.1 Å². The Bertz CT molecular complexity index is 936. The van der Waals surface area contributed by atoms with E-state index in [-0.39, 0.29) is 23.8 Å². The number of hydrogen-bond acceptors (Lipinski definition) is 3. The standard InChI is InChI=1S/C22H22BrClFN3O/c23-19-9-15(21(26)10-20(19)24)3-8-22(29)28-17-6-7-18(28)13-27(12-17)11-14-1-4-16(25)5-2-14/h1-5,8-10,17-18H,6-7,11-13,26H2/b8-3+. The van der Waals surface area contributed by atoms with E-state index in [0.717, 1.165) is 48.1 Å². The Balaban J connectivity index is 1.42. The van der Waals surface area contributed by atoms with Gasteiger partial charge in [-0.3, -0.25) is 9.69 Å². The third-order valence-electron chi connectivity index (χ3n) is 5.66. The normalized spacial score (nSPS) is 21.8. The van der Waals surface area contributed by atoms with E-state index < -0.39 is 0 Å². The van der Waals surface area contributed by atoms with Crippen LogP contribution < -0.4 is 5.73 Å². The number of amides is 1. The van der Waals surface area contributed by atoms with Crippen LogP contribution in [-0.2, 0) is 11.3 Å². The Labute approximate surface area is 183 Å². The summed E-state index contributed by atoms with van der Waals surface area (Å²) in [6, 6.07) is 10.6. The Morgan fingerprint density at radius 1 is 1.21 bits per heavy atom. The van der Waals surface area contributed by atoms with Gasteiger partial charge < -0.3 is 10.6 Å². The van der Waals surface area contributed by atoms with Crippen LogP contribution in [-0.4, -0.2) is 40.9 Å². The summed E-state index contributed by atoms with van der Waals surface area (Å²) in [5, 5.41) is 0.543. The second-order valence-electron chi connectivity index (χ2n) is 7.68. The number of nitrogen functional groups attached to an aromatic ring is 1. The number of likely N-dealkylation sites (tertiary alicyclic amines) is 1. The zero-order valence-corrected chi connectivity index (χ0v) is 18.2. The molecule has 0 spiro atoms. The first-order valence-electron chi connectivity index (χ1n) is 9.62. The summed E-state index contributed by atoms with van der Waals surface area (Å²) in [6.07, 6.45) is 5.38. The van der Waals surface area contributed by atoms with Gasteiger partial charge in [-0.15, -0.1) is 0 Å². The Morgan fingerprint density at radius 3 is 2.52 bits per heavy atom. The van der Waals surface area contributed by atoms with Crippen molar-refractivity contribution in [3.05, 3.63) is 68.9 Å². The van der Waals surface area contributed by atoms with Crippen LogP contribution in [0, 0.1) is 5.82 Å². The fraction of sp³-hybridized carbons (Fsp3) is 0.318. The van der Waals surface area contributed by atoms with E-state index in [1.165, 1.54) is 12.1 Å². The zero-order valence-electron chi connectivity index (χ0n) is 15.8. The molecule has 2 atom stereocenters. The van der Waals surface area contributed by atoms with Crippen LogP contribution in [0.1, 0.15) is 24.0 Å². The molecule has 7 heteroatoms. The molecular formula is C22H22BrClFN3O. The molecule has 2 heterocycles. The van der Waals surface area contributed by atoms with Crippen molar-refractivity contribution in [2.45, 2.75) is 31.5 Å². The number of piperazine rings is 1. The molecule has 2 unspecified atom stereocenters. The zero-order chi connectivity index (χ0) is 20.5. The highest BCUT2D eigenvalue weighted by Gasteiger charge is 2.41. The minimum atomic E-state index is -0.218. The molecule has 0 saturated carbocycles. The number of carbonyl (C=O) groups is 1. The molecule has 2 fully saturated rings. The molecular weight excluding hydrogens is 457 g/mol. The first-order chi connectivity index (χ1) is 13.9. The van der Waals surface area contributed by atoms with Crippen LogP contribution in [0.2, 0.25) is 5.02 Å². The number of anilines is 1. The first-order valence-corrected chi connectivity index (χ1v) is 10.8. The van der Waals surface area contributed by atoms with Gasteiger partial charge in [-0.25, -0.2) is 4.39 Å². The molecule has 29 heavy (non-hydrogen) atoms. The van der Waals surface area contributed by atoms with Crippen molar-refractivity contribution in [2.24, 2.45) is 0 Å². The summed E-state index contributed by atoms with van der Waals surface area (Å²) in [6.45, 7) is 2.45. The van der Waals surface area contributed by atoms with Crippen molar-refractivity contribution in [3.8, 4) is 0 Å². The maximum atomic E-state index is 13.1. The Hall–Kier alpha value is -1.89. The number of benzene rings is 2. The lowest BCUT2D eigenvalue weighted by atomic mass is 10.1. The molecule has 2 aliphatic heterocycles. The minimum absolute atomic E-state index is 0.0180. The summed E-state index contributed by atoms with van der Waals surface area (Å²) in [5.41, 5.74) is 8.40. The lowest BCUT2D eigenvalue weighted by Gasteiger charge is -2.40. The fourth-order valence-electron chi connectivity index (χ4n) is 4.30. The summed E-state index contributed by atoms with van der Waals surface area (Å²) >= 11 is 9.43. The third-order valence-corrected chi connectivity index (χ3v) is 6.86. The van der Waals surface area contributed by atoms with E-state index in [1.54, 1.807) is 18.2 Å². The van der Waals surface area contributed by atoms with Crippen molar-refractivity contribution >= 4 is 45.2 Å². The molecule has 0 radical (unpaired) electrons. The van der Waals surface area contributed by atoms with Crippen LogP contribution >= 0.6 is 27.5 Å². The highest BCUT2D eigenvalue weighted by Crippen LogP contribution is 2.32. The van der Waals surface area contributed by atoms with Gasteiger partial charge in [-0.2, -0.15) is 0 Å². The third kappa shape index (κ3) is 4.49. The van der Waals surface area contributed by atoms with E-state index >= 15 is 0 Å². The summed E-state index contributed by atoms with van der Waals surface area (Å²) in [4.78, 5) is 17.3. The predicted octanol–water partition coefficient (Wildman–Crippen LogP) is 4.71. The molecule has 152 valence electrons. The lowest BCUT2D eigenvalue weighted by molar-refractivity contribution is -0.131. The van der Waals surface area contributed by atoms with Gasteiger partial charge in [0.1, 0.15) is 5.82 Å². The van der Waals surface area contributed by atoms with Crippen LogP contribution in [0.25, 0.3) is 6.08 Å². The number of nitrogens with zero attached hydrogens (tertiary/aromatic N) is 2. The second-order valence-corrected chi connectivity index (χ2v) is 8.94. The number of carbonyl (C=O) groups excluding carboxylic acids is 1. The predicted molar refractivity (Wildman–Crippen MR) is 118 cm³/mol. The number of nitrogens with two attached hydrogens (primary N) is 1. The largest absolute Gasteiger partial charge is 0.398 e. The van der Waals surface area contributed by atoms with E-state index in [9.17, 15) is 9.18 Å². The maximum Gasteiger partial charge on any atom is 0.247 e. The Kier molecular flexibility index (Phi) is 5.95. The van der Waals surface area contributed by atoms with Crippen molar-refractivity contribution in [1.29, 1.82) is 0 Å². The van der Waals surface area contributed by atoms with Gasteiger partial charge in [0.2, 0.25) is 5.91 Å². The average molecular weight is 479 g/mol. The van der Waals surface area contributed by atoms with Gasteiger partial charge in [0.05, 0.1) is 5.02 Å². The van der Waals surface area contributed by atoms with Crippen LogP contribution in [0.15, 0.2) is 46.9 Å². The highest BCUT2D eigenvalue weighted by molar-refractivity contribution is 9.10. The molecule has 0 aliphatic carbocycles. The summed E-state index contributed by atoms with van der Waals surface area (Å²) in [7, 11) is 0. The van der Waals surface area contributed by atoms with Gasteiger partial charge in [0.15, 0.2) is 0 Å². The minimum Gasteiger partial charge on any atom is -0.398 e. The molecule has 2 N–H and O–H groups in total. The smallest absolute Gasteiger partial charge is 0.247 e. The topological polar surface area (TPSA) is 49.6 Å². The lowest BCUT2D eigenvalue weighted by Crippen LogP contribution is -2.55. The number of hydrogen-bond donors (Lipinski definition) is 1. The van der Waals surface area contributed by atoms with E-state index in [4.69, 9.17) is 17.3 Å². The highest BCUT2D eigenvalue weighted by atomic mass is 79.9. The average Bonchev–Trinajstić information content (AvgIpc) is 2.96. The molecule has 2 aromatic carbocycles. The van der Waals surface area contributed by atoms with Gasteiger partial charge in [-0.1, -0.05) is 23.7 Å². The SMILES string of the molecule is Nc1cc(Cl)c(Br)cc1/C=C/C(=O)N1C2CCC1CN(Cc1ccc(F)cc1)C2. The van der Waals surface area contributed by atoms with Crippen LogP contribution in [0.5, 0.6) is 0 Å². The molecule has 2 bridgehead atoms. The van der Waals surface area contributed by atoms with E-state index in [2.05, 4.69) is 20.8 Å². The molecule has 2 aromatic rings. The molecule has 4 nitrogen and oxygen atoms in total. The summed E-state index contributed by atoms with van der Waals surface area (Å²) < 4.78 is 13.9. The monoisotopic (exact) mass is 477 g/mol. The fourth-order valence-corrected chi connectivity index (χ4v) is 4.83. The molecule has 1 amide bonds. The Morgan fingerprint density at radius 2 is 1.86 bits per heavy atom. The van der Waals surface area contributed by atoms with Crippen LogP contribution in [0.3, 0.4) is 0 Å². The van der Waals surface area contributed by atoms with Gasteiger partial charge in [0, 0.05) is 48.0 Å². The number of fused-ring (bicyclic) bond motifs is 2. The van der Waals surface area contributed by atoms with Crippen molar-refractivity contribution in [1.82, 2.24) is 9.80 Å². The molecule has 0 aromatic heterocycles. The van der Waals surface area contributed by atoms with Crippen molar-refractivity contribution < 1.29 is 9.18 Å². The van der Waals surface area contributed by atoms with E-state index in [0.29, 0.717) is 10.7 Å². The maximum absolute atomic E-state index is 13.1. The number of rotatable bonds is 4. The molecule has 2 saturated heterocycles. The number of halogens is 3. The van der Waals surface area contributed by atoms with Crippen molar-refractivity contribution in [3.63, 3.8) is 0 Å². The van der Waals surface area contributed by atoms with Crippen LogP contribution in [0.4, 0.5) is 10.1 Å².